The monoisotopic (exact) mass is 185 g/mol. The molecular formula is C10H19NO2. The Morgan fingerprint density at radius 1 is 1.77 bits per heavy atom. The Kier molecular flexibility index (Phi) is 3.47. The van der Waals surface area contributed by atoms with Crippen LogP contribution in [-0.4, -0.2) is 37.0 Å². The maximum absolute atomic E-state index is 10.1. The number of β-amino-alcohol motifs (C(OH)–C–C–N with tert-alkyl or cyclic N) is 1. The van der Waals surface area contributed by atoms with Crippen LogP contribution in [0.2, 0.25) is 0 Å². The predicted octanol–water partition coefficient (Wildman–Crippen LogP) is 0.692. The lowest BCUT2D eigenvalue weighted by atomic mass is 9.85. The predicted molar refractivity (Wildman–Crippen MR) is 52.7 cm³/mol. The molecule has 1 rings (SSSR count). The van der Waals surface area contributed by atoms with Gasteiger partial charge in [0, 0.05) is 19.7 Å². The maximum atomic E-state index is 10.1. The van der Waals surface area contributed by atoms with Crippen LogP contribution in [0, 0.1) is 0 Å². The molecule has 3 nitrogen and oxygen atoms in total. The van der Waals surface area contributed by atoms with E-state index in [1.807, 2.05) is 0 Å². The van der Waals surface area contributed by atoms with Gasteiger partial charge in [0.2, 0.25) is 0 Å². The molecule has 0 spiro atoms. The fourth-order valence-electron chi connectivity index (χ4n) is 1.60. The van der Waals surface area contributed by atoms with Crippen LogP contribution in [0.3, 0.4) is 0 Å². The molecule has 1 aliphatic rings. The highest BCUT2D eigenvalue weighted by Crippen LogP contribution is 2.25. The first-order chi connectivity index (χ1) is 6.08. The van der Waals surface area contributed by atoms with Gasteiger partial charge in [-0.15, -0.1) is 0 Å². The summed E-state index contributed by atoms with van der Waals surface area (Å²) in [7, 11) is 1.62. The van der Waals surface area contributed by atoms with Crippen LogP contribution >= 0.6 is 0 Å². The van der Waals surface area contributed by atoms with Crippen LogP contribution in [0.4, 0.5) is 0 Å². The third-order valence-corrected chi connectivity index (χ3v) is 2.71. The topological polar surface area (TPSA) is 41.5 Å². The van der Waals surface area contributed by atoms with Gasteiger partial charge < -0.3 is 15.2 Å². The fourth-order valence-corrected chi connectivity index (χ4v) is 1.60. The minimum atomic E-state index is -0.761. The third-order valence-electron chi connectivity index (χ3n) is 2.71. The molecule has 0 bridgehead atoms. The first-order valence-electron chi connectivity index (χ1n) is 4.71. The summed E-state index contributed by atoms with van der Waals surface area (Å²) >= 11 is 0. The molecule has 0 radical (unpaired) electrons. The van der Waals surface area contributed by atoms with Crippen LogP contribution in [0.1, 0.15) is 19.8 Å². The van der Waals surface area contributed by atoms with Gasteiger partial charge in [-0.05, 0) is 25.3 Å². The highest BCUT2D eigenvalue weighted by atomic mass is 16.5. The zero-order valence-electron chi connectivity index (χ0n) is 8.47. The molecule has 0 aromatic carbocycles. The van der Waals surface area contributed by atoms with E-state index in [-0.39, 0.29) is 0 Å². The zero-order valence-corrected chi connectivity index (χ0v) is 8.47. The molecule has 0 aliphatic carbocycles. The molecule has 1 fully saturated rings. The Bertz CT molecular complexity index is 183. The largest absolute Gasteiger partial charge is 0.384 e. The quantitative estimate of drug-likeness (QED) is 0.636. The number of ether oxygens (including phenoxy) is 1. The van der Waals surface area contributed by atoms with E-state index >= 15 is 0 Å². The Hall–Kier alpha value is -0.380. The summed E-state index contributed by atoms with van der Waals surface area (Å²) in [6.07, 6.45) is 1.77. The molecule has 0 amide bonds. The second kappa shape index (κ2) is 4.22. The van der Waals surface area contributed by atoms with E-state index in [1.54, 1.807) is 7.11 Å². The van der Waals surface area contributed by atoms with E-state index in [2.05, 4.69) is 18.8 Å². The van der Waals surface area contributed by atoms with Crippen LogP contribution < -0.4 is 5.32 Å². The van der Waals surface area contributed by atoms with Gasteiger partial charge in [0.15, 0.2) is 0 Å². The van der Waals surface area contributed by atoms with Crippen molar-refractivity contribution in [2.24, 2.45) is 0 Å². The number of hydrogen-bond donors (Lipinski definition) is 2. The summed E-state index contributed by atoms with van der Waals surface area (Å²) in [4.78, 5) is 0. The summed E-state index contributed by atoms with van der Waals surface area (Å²) in [5.74, 6) is 0. The number of methoxy groups -OCH3 is 1. The SMILES string of the molecule is C=C(COC)C1(O)CCC(C)NC1. The van der Waals surface area contributed by atoms with E-state index in [0.717, 1.165) is 18.4 Å². The lowest BCUT2D eigenvalue weighted by Gasteiger charge is -2.37. The van der Waals surface area contributed by atoms with Crippen molar-refractivity contribution in [3.05, 3.63) is 12.2 Å². The van der Waals surface area contributed by atoms with Crippen LogP contribution in [0.15, 0.2) is 12.2 Å². The average Bonchev–Trinajstić information content (AvgIpc) is 2.11. The van der Waals surface area contributed by atoms with Gasteiger partial charge in [0.25, 0.3) is 0 Å². The van der Waals surface area contributed by atoms with Crippen molar-refractivity contribution in [1.82, 2.24) is 5.32 Å². The molecular weight excluding hydrogens is 166 g/mol. The van der Waals surface area contributed by atoms with Gasteiger partial charge in [-0.2, -0.15) is 0 Å². The highest BCUT2D eigenvalue weighted by Gasteiger charge is 2.33. The molecule has 2 N–H and O–H groups in total. The number of nitrogens with one attached hydrogen (secondary N) is 1. The van der Waals surface area contributed by atoms with Gasteiger partial charge in [0.1, 0.15) is 5.60 Å². The minimum absolute atomic E-state index is 0.437. The Morgan fingerprint density at radius 2 is 2.46 bits per heavy atom. The van der Waals surface area contributed by atoms with Gasteiger partial charge in [-0.1, -0.05) is 6.58 Å². The van der Waals surface area contributed by atoms with Gasteiger partial charge in [-0.3, -0.25) is 0 Å². The maximum Gasteiger partial charge on any atom is 0.100 e. The molecule has 0 saturated carbocycles. The first-order valence-corrected chi connectivity index (χ1v) is 4.71. The summed E-state index contributed by atoms with van der Waals surface area (Å²) in [6.45, 7) is 7.00. The number of aliphatic hydroxyl groups is 1. The lowest BCUT2D eigenvalue weighted by Crippen LogP contribution is -2.50. The smallest absolute Gasteiger partial charge is 0.100 e. The number of hydrogen-bond acceptors (Lipinski definition) is 3. The van der Waals surface area contributed by atoms with Crippen LogP contribution in [0.25, 0.3) is 0 Å². The van der Waals surface area contributed by atoms with E-state index in [1.165, 1.54) is 0 Å². The number of rotatable bonds is 3. The molecule has 0 aromatic rings. The van der Waals surface area contributed by atoms with Crippen molar-refractivity contribution in [3.63, 3.8) is 0 Å². The Balaban J connectivity index is 2.51. The second-order valence-electron chi connectivity index (χ2n) is 3.89. The third kappa shape index (κ3) is 2.53. The molecule has 3 heteroatoms. The van der Waals surface area contributed by atoms with Crippen molar-refractivity contribution < 1.29 is 9.84 Å². The molecule has 2 atom stereocenters. The Labute approximate surface area is 79.8 Å². The molecule has 2 unspecified atom stereocenters. The van der Waals surface area contributed by atoms with E-state index in [9.17, 15) is 5.11 Å². The summed E-state index contributed by atoms with van der Waals surface area (Å²) < 4.78 is 4.96. The summed E-state index contributed by atoms with van der Waals surface area (Å²) in [5.41, 5.74) is 0.0112. The molecule has 76 valence electrons. The number of piperidine rings is 1. The normalized spacial score (nSPS) is 34.5. The first kappa shape index (κ1) is 10.7. The Morgan fingerprint density at radius 3 is 2.92 bits per heavy atom. The van der Waals surface area contributed by atoms with Gasteiger partial charge in [0.05, 0.1) is 6.61 Å². The van der Waals surface area contributed by atoms with E-state index in [0.29, 0.717) is 19.2 Å². The molecule has 1 aliphatic heterocycles. The van der Waals surface area contributed by atoms with Crippen molar-refractivity contribution >= 4 is 0 Å². The van der Waals surface area contributed by atoms with E-state index < -0.39 is 5.60 Å². The van der Waals surface area contributed by atoms with Crippen molar-refractivity contribution in [3.8, 4) is 0 Å². The molecule has 0 aromatic heterocycles. The summed E-state index contributed by atoms with van der Waals surface area (Å²) in [5, 5.41) is 13.4. The van der Waals surface area contributed by atoms with Crippen molar-refractivity contribution in [2.75, 3.05) is 20.3 Å². The molecule has 1 saturated heterocycles. The zero-order chi connectivity index (χ0) is 9.90. The molecule has 13 heavy (non-hydrogen) atoms. The van der Waals surface area contributed by atoms with E-state index in [4.69, 9.17) is 4.74 Å². The summed E-state index contributed by atoms with van der Waals surface area (Å²) in [6, 6.07) is 0.496. The van der Waals surface area contributed by atoms with Gasteiger partial charge >= 0.3 is 0 Å². The van der Waals surface area contributed by atoms with Crippen LogP contribution in [0.5, 0.6) is 0 Å². The van der Waals surface area contributed by atoms with Gasteiger partial charge in [-0.25, -0.2) is 0 Å². The molecule has 1 heterocycles. The second-order valence-corrected chi connectivity index (χ2v) is 3.89. The fraction of sp³-hybridized carbons (Fsp3) is 0.800. The van der Waals surface area contributed by atoms with Crippen molar-refractivity contribution in [1.29, 1.82) is 0 Å². The van der Waals surface area contributed by atoms with Crippen molar-refractivity contribution in [2.45, 2.75) is 31.4 Å². The standard InChI is InChI=1S/C10H19NO2/c1-8(6-13-3)10(12)5-4-9(2)11-7-10/h9,11-12H,1,4-7H2,2-3H3. The average molecular weight is 185 g/mol. The minimum Gasteiger partial charge on any atom is -0.384 e. The lowest BCUT2D eigenvalue weighted by molar-refractivity contribution is 0.0295. The van der Waals surface area contributed by atoms with Crippen LogP contribution in [-0.2, 0) is 4.74 Å². The highest BCUT2D eigenvalue weighted by molar-refractivity contribution is 5.15.